The average Bonchev–Trinajstić information content (AvgIpc) is 2.68. The first-order valence-electron chi connectivity index (χ1n) is 9.12. The SMILES string of the molecule is CC(=O)N(C)C1CCN(C(=O)Nc2ccc(N3CCOCC3)nc2)CC1. The summed E-state index contributed by atoms with van der Waals surface area (Å²) in [7, 11) is 1.82. The summed E-state index contributed by atoms with van der Waals surface area (Å²) in [4.78, 5) is 34.1. The Kier molecular flexibility index (Phi) is 5.92. The quantitative estimate of drug-likeness (QED) is 0.880. The molecule has 2 aliphatic rings. The molecule has 8 nitrogen and oxygen atoms in total. The van der Waals surface area contributed by atoms with Crippen molar-refractivity contribution in [2.75, 3.05) is 56.7 Å². The maximum absolute atomic E-state index is 12.4. The fraction of sp³-hybridized carbons (Fsp3) is 0.611. The molecule has 2 fully saturated rings. The minimum atomic E-state index is -0.116. The molecule has 142 valence electrons. The van der Waals surface area contributed by atoms with E-state index in [4.69, 9.17) is 4.74 Å². The van der Waals surface area contributed by atoms with E-state index in [0.29, 0.717) is 18.8 Å². The Hall–Kier alpha value is -2.35. The highest BCUT2D eigenvalue weighted by molar-refractivity contribution is 5.89. The first-order valence-corrected chi connectivity index (χ1v) is 9.12. The van der Waals surface area contributed by atoms with Crippen molar-refractivity contribution < 1.29 is 14.3 Å². The molecule has 1 aromatic heterocycles. The number of nitrogens with one attached hydrogen (secondary N) is 1. The highest BCUT2D eigenvalue weighted by Crippen LogP contribution is 2.18. The van der Waals surface area contributed by atoms with Crippen LogP contribution in [0.4, 0.5) is 16.3 Å². The molecular weight excluding hydrogens is 334 g/mol. The summed E-state index contributed by atoms with van der Waals surface area (Å²) in [6.45, 7) is 5.97. The number of hydrogen-bond donors (Lipinski definition) is 1. The number of nitrogens with zero attached hydrogens (tertiary/aromatic N) is 4. The van der Waals surface area contributed by atoms with Crippen LogP contribution in [0.25, 0.3) is 0 Å². The summed E-state index contributed by atoms with van der Waals surface area (Å²) in [5, 5.41) is 2.91. The first-order chi connectivity index (χ1) is 12.5. The van der Waals surface area contributed by atoms with Gasteiger partial charge >= 0.3 is 6.03 Å². The number of pyridine rings is 1. The standard InChI is InChI=1S/C18H27N5O3/c1-14(24)21(2)16-5-7-23(8-6-16)18(25)20-15-3-4-17(19-13-15)22-9-11-26-12-10-22/h3-4,13,16H,5-12H2,1-2H3,(H,20,25). The number of carbonyl (C=O) groups excluding carboxylic acids is 2. The lowest BCUT2D eigenvalue weighted by Crippen LogP contribution is -2.47. The molecule has 0 unspecified atom stereocenters. The molecule has 0 spiro atoms. The van der Waals surface area contributed by atoms with Crippen LogP contribution >= 0.6 is 0 Å². The van der Waals surface area contributed by atoms with Gasteiger partial charge in [0.2, 0.25) is 5.91 Å². The summed E-state index contributed by atoms with van der Waals surface area (Å²) in [6.07, 6.45) is 3.30. The summed E-state index contributed by atoms with van der Waals surface area (Å²) in [5.74, 6) is 0.971. The predicted octanol–water partition coefficient (Wildman–Crippen LogP) is 1.39. The number of likely N-dealkylation sites (tertiary alicyclic amines) is 1. The van der Waals surface area contributed by atoms with Crippen LogP contribution in [0.15, 0.2) is 18.3 Å². The summed E-state index contributed by atoms with van der Waals surface area (Å²) >= 11 is 0. The number of aromatic nitrogens is 1. The molecule has 1 N–H and O–H groups in total. The Morgan fingerprint density at radius 3 is 2.46 bits per heavy atom. The van der Waals surface area contributed by atoms with E-state index < -0.39 is 0 Å². The van der Waals surface area contributed by atoms with E-state index in [1.165, 1.54) is 0 Å². The predicted molar refractivity (Wildman–Crippen MR) is 99.3 cm³/mol. The molecule has 1 aromatic rings. The third kappa shape index (κ3) is 4.43. The second-order valence-electron chi connectivity index (χ2n) is 6.78. The summed E-state index contributed by atoms with van der Waals surface area (Å²) in [6, 6.07) is 3.90. The van der Waals surface area contributed by atoms with Crippen LogP contribution in [-0.4, -0.2) is 79.2 Å². The number of ether oxygens (including phenoxy) is 1. The van der Waals surface area contributed by atoms with Gasteiger partial charge in [0.25, 0.3) is 0 Å². The zero-order chi connectivity index (χ0) is 18.5. The van der Waals surface area contributed by atoms with Crippen LogP contribution in [0.5, 0.6) is 0 Å². The fourth-order valence-electron chi connectivity index (χ4n) is 3.36. The highest BCUT2D eigenvalue weighted by Gasteiger charge is 2.26. The lowest BCUT2D eigenvalue weighted by atomic mass is 10.0. The van der Waals surface area contributed by atoms with Crippen molar-refractivity contribution in [3.05, 3.63) is 18.3 Å². The van der Waals surface area contributed by atoms with Crippen molar-refractivity contribution in [2.45, 2.75) is 25.8 Å². The second-order valence-corrected chi connectivity index (χ2v) is 6.78. The Bertz CT molecular complexity index is 622. The van der Waals surface area contributed by atoms with E-state index in [1.807, 2.05) is 19.2 Å². The Morgan fingerprint density at radius 2 is 1.88 bits per heavy atom. The van der Waals surface area contributed by atoms with Gasteiger partial charge < -0.3 is 24.8 Å². The second kappa shape index (κ2) is 8.35. The lowest BCUT2D eigenvalue weighted by Gasteiger charge is -2.36. The molecule has 8 heteroatoms. The van der Waals surface area contributed by atoms with Gasteiger partial charge in [0.1, 0.15) is 5.82 Å². The van der Waals surface area contributed by atoms with Gasteiger partial charge in [0.15, 0.2) is 0 Å². The molecule has 26 heavy (non-hydrogen) atoms. The average molecular weight is 361 g/mol. The molecule has 0 bridgehead atoms. The summed E-state index contributed by atoms with van der Waals surface area (Å²) in [5.41, 5.74) is 0.690. The van der Waals surface area contributed by atoms with Crippen molar-refractivity contribution in [1.82, 2.24) is 14.8 Å². The van der Waals surface area contributed by atoms with Crippen molar-refractivity contribution in [1.29, 1.82) is 0 Å². The molecule has 0 aromatic carbocycles. The van der Waals surface area contributed by atoms with Gasteiger partial charge in [-0.3, -0.25) is 4.79 Å². The smallest absolute Gasteiger partial charge is 0.321 e. The molecular formula is C18H27N5O3. The van der Waals surface area contributed by atoms with Gasteiger partial charge in [-0.15, -0.1) is 0 Å². The first kappa shape index (κ1) is 18.4. The molecule has 0 saturated carbocycles. The van der Waals surface area contributed by atoms with Gasteiger partial charge in [-0.25, -0.2) is 9.78 Å². The third-order valence-electron chi connectivity index (χ3n) is 5.13. The van der Waals surface area contributed by atoms with E-state index in [-0.39, 0.29) is 18.0 Å². The van der Waals surface area contributed by atoms with E-state index >= 15 is 0 Å². The zero-order valence-electron chi connectivity index (χ0n) is 15.5. The van der Waals surface area contributed by atoms with Gasteiger partial charge in [-0.05, 0) is 25.0 Å². The number of carbonyl (C=O) groups is 2. The van der Waals surface area contributed by atoms with Crippen molar-refractivity contribution >= 4 is 23.4 Å². The van der Waals surface area contributed by atoms with E-state index in [9.17, 15) is 9.59 Å². The number of morpholine rings is 1. The van der Waals surface area contributed by atoms with Crippen LogP contribution in [0.2, 0.25) is 0 Å². The molecule has 2 saturated heterocycles. The number of hydrogen-bond acceptors (Lipinski definition) is 5. The van der Waals surface area contributed by atoms with Crippen LogP contribution in [0.3, 0.4) is 0 Å². The van der Waals surface area contributed by atoms with Crippen LogP contribution < -0.4 is 10.2 Å². The highest BCUT2D eigenvalue weighted by atomic mass is 16.5. The number of urea groups is 1. The van der Waals surface area contributed by atoms with Gasteiger partial charge in [0.05, 0.1) is 25.1 Å². The van der Waals surface area contributed by atoms with Gasteiger partial charge in [0, 0.05) is 46.2 Å². The van der Waals surface area contributed by atoms with Crippen LogP contribution in [-0.2, 0) is 9.53 Å². The van der Waals surface area contributed by atoms with Crippen LogP contribution in [0.1, 0.15) is 19.8 Å². The largest absolute Gasteiger partial charge is 0.378 e. The Labute approximate surface area is 154 Å². The molecule has 0 radical (unpaired) electrons. The van der Waals surface area contributed by atoms with Gasteiger partial charge in [-0.2, -0.15) is 0 Å². The van der Waals surface area contributed by atoms with Crippen molar-refractivity contribution in [2.24, 2.45) is 0 Å². The van der Waals surface area contributed by atoms with Gasteiger partial charge in [-0.1, -0.05) is 0 Å². The maximum atomic E-state index is 12.4. The molecule has 0 aliphatic carbocycles. The van der Waals surface area contributed by atoms with Crippen molar-refractivity contribution in [3.8, 4) is 0 Å². The number of amides is 3. The molecule has 3 amide bonds. The molecule has 0 atom stereocenters. The fourth-order valence-corrected chi connectivity index (χ4v) is 3.36. The Morgan fingerprint density at radius 1 is 1.19 bits per heavy atom. The maximum Gasteiger partial charge on any atom is 0.321 e. The molecule has 2 aliphatic heterocycles. The van der Waals surface area contributed by atoms with E-state index in [2.05, 4.69) is 15.2 Å². The zero-order valence-corrected chi connectivity index (χ0v) is 15.5. The van der Waals surface area contributed by atoms with E-state index in [0.717, 1.165) is 45.0 Å². The Balaban J connectivity index is 1.50. The van der Waals surface area contributed by atoms with E-state index in [1.54, 1.807) is 22.9 Å². The minimum absolute atomic E-state index is 0.0688. The normalized spacial score (nSPS) is 18.5. The molecule has 3 heterocycles. The van der Waals surface area contributed by atoms with Crippen LogP contribution in [0, 0.1) is 0 Å². The monoisotopic (exact) mass is 361 g/mol. The van der Waals surface area contributed by atoms with Crippen molar-refractivity contribution in [3.63, 3.8) is 0 Å². The third-order valence-corrected chi connectivity index (χ3v) is 5.13. The number of anilines is 2. The number of rotatable bonds is 3. The molecule has 3 rings (SSSR count). The minimum Gasteiger partial charge on any atom is -0.378 e. The summed E-state index contributed by atoms with van der Waals surface area (Å²) < 4.78 is 5.35. The lowest BCUT2D eigenvalue weighted by molar-refractivity contribution is -0.130. The topological polar surface area (TPSA) is 78.0 Å². The number of piperidine rings is 1.